The summed E-state index contributed by atoms with van der Waals surface area (Å²) in [6.07, 6.45) is 3.13. The van der Waals surface area contributed by atoms with Crippen molar-refractivity contribution in [1.82, 2.24) is 5.32 Å². The molecule has 1 heterocycles. The average molecular weight is 275 g/mol. The maximum absolute atomic E-state index is 11.6. The van der Waals surface area contributed by atoms with Crippen molar-refractivity contribution in [2.75, 3.05) is 13.3 Å². The summed E-state index contributed by atoms with van der Waals surface area (Å²) >= 11 is 0. The van der Waals surface area contributed by atoms with Gasteiger partial charge in [0.15, 0.2) is 11.5 Å². The Kier molecular flexibility index (Phi) is 4.65. The number of carbonyl (C=O) groups is 1. The van der Waals surface area contributed by atoms with Crippen LogP contribution in [0.1, 0.15) is 12.5 Å². The molecule has 0 spiro atoms. The highest BCUT2D eigenvalue weighted by atomic mass is 16.7. The zero-order valence-corrected chi connectivity index (χ0v) is 11.3. The Balaban J connectivity index is 1.85. The molecule has 2 rings (SSSR count). The molecule has 1 aromatic rings. The van der Waals surface area contributed by atoms with E-state index in [2.05, 4.69) is 11.9 Å². The molecule has 20 heavy (non-hydrogen) atoms. The van der Waals surface area contributed by atoms with E-state index in [9.17, 15) is 4.79 Å². The number of fused-ring (bicyclic) bond motifs is 1. The van der Waals surface area contributed by atoms with Crippen molar-refractivity contribution in [2.24, 2.45) is 0 Å². The second-order valence-corrected chi connectivity index (χ2v) is 4.29. The third kappa shape index (κ3) is 3.78. The van der Waals surface area contributed by atoms with E-state index < -0.39 is 5.97 Å². The van der Waals surface area contributed by atoms with Crippen molar-refractivity contribution < 1.29 is 19.0 Å². The second kappa shape index (κ2) is 6.65. The Morgan fingerprint density at radius 2 is 2.25 bits per heavy atom. The van der Waals surface area contributed by atoms with Gasteiger partial charge in [-0.2, -0.15) is 0 Å². The SMILES string of the molecule is C=CCN/C(C)=C\C(=O)OCc1ccc2c(c1)OCO2. The highest BCUT2D eigenvalue weighted by Gasteiger charge is 2.13. The molecule has 0 saturated heterocycles. The normalized spacial score (nSPS) is 12.9. The quantitative estimate of drug-likeness (QED) is 0.489. The third-order valence-electron chi connectivity index (χ3n) is 2.68. The van der Waals surface area contributed by atoms with Crippen molar-refractivity contribution in [2.45, 2.75) is 13.5 Å². The zero-order chi connectivity index (χ0) is 14.4. The zero-order valence-electron chi connectivity index (χ0n) is 11.3. The van der Waals surface area contributed by atoms with Crippen molar-refractivity contribution in [3.8, 4) is 11.5 Å². The topological polar surface area (TPSA) is 56.8 Å². The highest BCUT2D eigenvalue weighted by molar-refractivity contribution is 5.82. The molecule has 0 bridgehead atoms. The second-order valence-electron chi connectivity index (χ2n) is 4.29. The lowest BCUT2D eigenvalue weighted by Crippen LogP contribution is -2.12. The minimum absolute atomic E-state index is 0.195. The molecule has 106 valence electrons. The van der Waals surface area contributed by atoms with Gasteiger partial charge in [0, 0.05) is 18.3 Å². The molecule has 5 heteroatoms. The molecule has 5 nitrogen and oxygen atoms in total. The minimum Gasteiger partial charge on any atom is -0.458 e. The Labute approximate surface area is 117 Å². The molecule has 0 fully saturated rings. The maximum atomic E-state index is 11.6. The largest absolute Gasteiger partial charge is 0.458 e. The summed E-state index contributed by atoms with van der Waals surface area (Å²) in [7, 11) is 0. The van der Waals surface area contributed by atoms with E-state index in [1.165, 1.54) is 6.08 Å². The average Bonchev–Trinajstić information content (AvgIpc) is 2.90. The van der Waals surface area contributed by atoms with E-state index in [4.69, 9.17) is 14.2 Å². The summed E-state index contributed by atoms with van der Waals surface area (Å²) in [5.74, 6) is 0.999. The molecule has 0 atom stereocenters. The Morgan fingerprint density at radius 1 is 1.45 bits per heavy atom. The lowest BCUT2D eigenvalue weighted by atomic mass is 10.2. The number of ether oxygens (including phenoxy) is 3. The van der Waals surface area contributed by atoms with Gasteiger partial charge in [-0.15, -0.1) is 6.58 Å². The van der Waals surface area contributed by atoms with Gasteiger partial charge in [-0.3, -0.25) is 0 Å². The summed E-state index contributed by atoms with van der Waals surface area (Å²) in [4.78, 5) is 11.6. The number of hydrogen-bond donors (Lipinski definition) is 1. The summed E-state index contributed by atoms with van der Waals surface area (Å²) in [6.45, 7) is 6.42. The van der Waals surface area contributed by atoms with E-state index in [0.717, 1.165) is 11.3 Å². The van der Waals surface area contributed by atoms with Crippen LogP contribution in [0, 0.1) is 0 Å². The molecule has 1 aliphatic rings. The van der Waals surface area contributed by atoms with E-state index in [1.54, 1.807) is 19.1 Å². The standard InChI is InChI=1S/C15H17NO4/c1-3-6-16-11(2)7-15(17)18-9-12-4-5-13-14(8-12)20-10-19-13/h3-5,7-8,16H,1,6,9-10H2,2H3/b11-7-. The molecular formula is C15H17NO4. The van der Waals surface area contributed by atoms with Gasteiger partial charge in [-0.05, 0) is 24.6 Å². The first-order chi connectivity index (χ1) is 9.69. The summed E-state index contributed by atoms with van der Waals surface area (Å²) in [5.41, 5.74) is 1.59. The predicted octanol–water partition coefficient (Wildman–Crippen LogP) is 2.14. The van der Waals surface area contributed by atoms with Crippen LogP contribution in [0.4, 0.5) is 0 Å². The van der Waals surface area contributed by atoms with Crippen LogP contribution in [0.5, 0.6) is 11.5 Å². The smallest absolute Gasteiger partial charge is 0.332 e. The van der Waals surface area contributed by atoms with Gasteiger partial charge in [-0.1, -0.05) is 12.1 Å². The monoisotopic (exact) mass is 275 g/mol. The van der Waals surface area contributed by atoms with E-state index >= 15 is 0 Å². The van der Waals surface area contributed by atoms with Crippen molar-refractivity contribution in [3.05, 3.63) is 48.2 Å². The number of rotatable bonds is 6. The summed E-state index contributed by atoms with van der Waals surface area (Å²) in [5, 5.41) is 3.00. The Bertz CT molecular complexity index is 537. The van der Waals surface area contributed by atoms with Crippen LogP contribution in [0.25, 0.3) is 0 Å². The summed E-state index contributed by atoms with van der Waals surface area (Å²) < 4.78 is 15.6. The van der Waals surface area contributed by atoms with Crippen LogP contribution in [0.3, 0.4) is 0 Å². The van der Waals surface area contributed by atoms with Gasteiger partial charge in [-0.25, -0.2) is 4.79 Å². The maximum Gasteiger partial charge on any atom is 0.332 e. The van der Waals surface area contributed by atoms with Crippen LogP contribution >= 0.6 is 0 Å². The van der Waals surface area contributed by atoms with Gasteiger partial charge >= 0.3 is 5.97 Å². The fraction of sp³-hybridized carbons (Fsp3) is 0.267. The molecule has 0 saturated carbocycles. The third-order valence-corrected chi connectivity index (χ3v) is 2.68. The van der Waals surface area contributed by atoms with Crippen LogP contribution in [-0.4, -0.2) is 19.3 Å². The molecule has 0 amide bonds. The first kappa shape index (κ1) is 14.0. The fourth-order valence-electron chi connectivity index (χ4n) is 1.69. The van der Waals surface area contributed by atoms with Crippen LogP contribution in [-0.2, 0) is 16.1 Å². The Morgan fingerprint density at radius 3 is 3.05 bits per heavy atom. The summed E-state index contributed by atoms with van der Waals surface area (Å²) in [6, 6.07) is 5.45. The minimum atomic E-state index is -0.392. The van der Waals surface area contributed by atoms with Gasteiger partial charge in [0.05, 0.1) is 0 Å². The van der Waals surface area contributed by atoms with Gasteiger partial charge in [0.2, 0.25) is 6.79 Å². The van der Waals surface area contributed by atoms with Crippen LogP contribution in [0.15, 0.2) is 42.6 Å². The van der Waals surface area contributed by atoms with Crippen LogP contribution < -0.4 is 14.8 Å². The number of esters is 1. The molecule has 0 aliphatic carbocycles. The van der Waals surface area contributed by atoms with Gasteiger partial charge in [0.25, 0.3) is 0 Å². The molecule has 1 N–H and O–H groups in total. The molecule has 1 aliphatic heterocycles. The molecule has 0 aromatic heterocycles. The number of nitrogens with one attached hydrogen (secondary N) is 1. The number of hydrogen-bond acceptors (Lipinski definition) is 5. The van der Waals surface area contributed by atoms with Crippen molar-refractivity contribution in [1.29, 1.82) is 0 Å². The van der Waals surface area contributed by atoms with Crippen molar-refractivity contribution in [3.63, 3.8) is 0 Å². The fourth-order valence-corrected chi connectivity index (χ4v) is 1.69. The van der Waals surface area contributed by atoms with E-state index in [1.807, 2.05) is 12.1 Å². The molecular weight excluding hydrogens is 258 g/mol. The molecule has 0 unspecified atom stereocenters. The lowest BCUT2D eigenvalue weighted by Gasteiger charge is -2.05. The van der Waals surface area contributed by atoms with E-state index in [0.29, 0.717) is 18.0 Å². The van der Waals surface area contributed by atoms with Crippen LogP contribution in [0.2, 0.25) is 0 Å². The van der Waals surface area contributed by atoms with E-state index in [-0.39, 0.29) is 13.4 Å². The number of allylic oxidation sites excluding steroid dienone is 1. The molecule has 0 radical (unpaired) electrons. The highest BCUT2D eigenvalue weighted by Crippen LogP contribution is 2.32. The number of benzene rings is 1. The predicted molar refractivity (Wildman–Crippen MR) is 74.3 cm³/mol. The first-order valence-corrected chi connectivity index (χ1v) is 6.27. The number of carbonyl (C=O) groups excluding carboxylic acids is 1. The van der Waals surface area contributed by atoms with Gasteiger partial charge < -0.3 is 19.5 Å². The Hall–Kier alpha value is -2.43. The molecule has 1 aromatic carbocycles. The first-order valence-electron chi connectivity index (χ1n) is 6.27. The van der Waals surface area contributed by atoms with Gasteiger partial charge in [0.1, 0.15) is 6.61 Å². The lowest BCUT2D eigenvalue weighted by molar-refractivity contribution is -0.139. The van der Waals surface area contributed by atoms with Crippen molar-refractivity contribution >= 4 is 5.97 Å².